The van der Waals surface area contributed by atoms with E-state index in [4.69, 9.17) is 4.42 Å². The molecule has 0 fully saturated rings. The third kappa shape index (κ3) is 1.64. The zero-order valence-corrected chi connectivity index (χ0v) is 10.1. The maximum absolute atomic E-state index is 12.3. The molecule has 1 aromatic heterocycles. The van der Waals surface area contributed by atoms with Crippen LogP contribution >= 0.6 is 0 Å². The molecule has 0 saturated heterocycles. The van der Waals surface area contributed by atoms with Crippen molar-refractivity contribution in [1.29, 1.82) is 0 Å². The second-order valence-corrected chi connectivity index (χ2v) is 5.11. The molecule has 0 aliphatic heterocycles. The van der Waals surface area contributed by atoms with Gasteiger partial charge in [0.15, 0.2) is 5.43 Å². The van der Waals surface area contributed by atoms with Gasteiger partial charge in [-0.3, -0.25) is 4.79 Å². The number of aryl methyl sites for hydroxylation is 1. The molecule has 2 aromatic rings. The average molecular weight is 216 g/mol. The molecular weight excluding hydrogens is 200 g/mol. The second kappa shape index (κ2) is 3.48. The van der Waals surface area contributed by atoms with Gasteiger partial charge in [0.1, 0.15) is 11.3 Å². The molecule has 2 heteroatoms. The van der Waals surface area contributed by atoms with Crippen LogP contribution in [-0.4, -0.2) is 0 Å². The molecule has 0 bridgehead atoms. The van der Waals surface area contributed by atoms with Crippen molar-refractivity contribution in [3.8, 4) is 0 Å². The van der Waals surface area contributed by atoms with E-state index >= 15 is 0 Å². The Morgan fingerprint density at radius 2 is 1.75 bits per heavy atom. The molecule has 1 heterocycles. The summed E-state index contributed by atoms with van der Waals surface area (Å²) in [6.45, 7) is 7.94. The van der Waals surface area contributed by atoms with Crippen LogP contribution in [0.4, 0.5) is 0 Å². The summed E-state index contributed by atoms with van der Waals surface area (Å²) in [6, 6.07) is 7.38. The van der Waals surface area contributed by atoms with E-state index in [2.05, 4.69) is 0 Å². The number of fused-ring (bicyclic) bond motifs is 1. The first-order chi connectivity index (χ1) is 7.41. The highest BCUT2D eigenvalue weighted by molar-refractivity contribution is 5.77. The molecule has 0 N–H and O–H groups in total. The van der Waals surface area contributed by atoms with Gasteiger partial charge in [-0.25, -0.2) is 0 Å². The fourth-order valence-electron chi connectivity index (χ4n) is 2.12. The monoisotopic (exact) mass is 216 g/mol. The Labute approximate surface area is 94.9 Å². The van der Waals surface area contributed by atoms with Gasteiger partial charge in [-0.1, -0.05) is 32.9 Å². The van der Waals surface area contributed by atoms with E-state index in [9.17, 15) is 4.79 Å². The number of benzene rings is 1. The van der Waals surface area contributed by atoms with E-state index in [1.165, 1.54) is 0 Å². The zero-order valence-electron chi connectivity index (χ0n) is 10.1. The van der Waals surface area contributed by atoms with Gasteiger partial charge in [0.25, 0.3) is 0 Å². The molecule has 16 heavy (non-hydrogen) atoms. The molecule has 1 aromatic carbocycles. The first-order valence-electron chi connectivity index (χ1n) is 5.44. The molecular formula is C14H16O2. The van der Waals surface area contributed by atoms with Crippen molar-refractivity contribution in [3.05, 3.63) is 45.8 Å². The molecule has 2 nitrogen and oxygen atoms in total. The van der Waals surface area contributed by atoms with Crippen molar-refractivity contribution in [2.75, 3.05) is 0 Å². The maximum Gasteiger partial charge on any atom is 0.196 e. The lowest BCUT2D eigenvalue weighted by Crippen LogP contribution is -2.24. The third-order valence-electron chi connectivity index (χ3n) is 2.72. The van der Waals surface area contributed by atoms with Crippen molar-refractivity contribution in [2.24, 2.45) is 0 Å². The van der Waals surface area contributed by atoms with Crippen LogP contribution < -0.4 is 5.43 Å². The van der Waals surface area contributed by atoms with Crippen molar-refractivity contribution in [1.82, 2.24) is 0 Å². The fraction of sp³-hybridized carbons (Fsp3) is 0.357. The lowest BCUT2D eigenvalue weighted by Gasteiger charge is -2.19. The Balaban J connectivity index is 2.92. The molecule has 0 radical (unpaired) electrons. The summed E-state index contributed by atoms with van der Waals surface area (Å²) < 4.78 is 5.70. The number of hydrogen-bond donors (Lipinski definition) is 0. The predicted octanol–water partition coefficient (Wildman–Crippen LogP) is 3.40. The molecule has 84 valence electrons. The van der Waals surface area contributed by atoms with Crippen LogP contribution in [0, 0.1) is 6.92 Å². The van der Waals surface area contributed by atoms with Crippen LogP contribution in [0.1, 0.15) is 32.1 Å². The van der Waals surface area contributed by atoms with Gasteiger partial charge < -0.3 is 4.42 Å². The Kier molecular flexibility index (Phi) is 2.38. The fourth-order valence-corrected chi connectivity index (χ4v) is 2.12. The van der Waals surface area contributed by atoms with Crippen LogP contribution in [-0.2, 0) is 5.41 Å². The lowest BCUT2D eigenvalue weighted by molar-refractivity contribution is 0.503. The minimum atomic E-state index is -0.186. The summed E-state index contributed by atoms with van der Waals surface area (Å²) in [7, 11) is 0. The summed E-state index contributed by atoms with van der Waals surface area (Å²) in [5, 5.41) is 0.665. The smallest absolute Gasteiger partial charge is 0.196 e. The molecule has 0 atom stereocenters. The van der Waals surface area contributed by atoms with Crippen molar-refractivity contribution in [2.45, 2.75) is 33.1 Å². The Morgan fingerprint density at radius 1 is 1.12 bits per heavy atom. The minimum absolute atomic E-state index is 0.0897. The predicted molar refractivity (Wildman–Crippen MR) is 65.9 cm³/mol. The van der Waals surface area contributed by atoms with E-state index in [1.54, 1.807) is 0 Å². The molecule has 2 rings (SSSR count). The van der Waals surface area contributed by atoms with E-state index in [0.717, 1.165) is 11.3 Å². The van der Waals surface area contributed by atoms with Gasteiger partial charge in [-0.15, -0.1) is 0 Å². The Bertz CT molecular complexity index is 586. The second-order valence-electron chi connectivity index (χ2n) is 5.11. The molecule has 0 saturated carbocycles. The lowest BCUT2D eigenvalue weighted by atomic mass is 9.85. The molecule has 0 unspecified atom stereocenters. The number of hydrogen-bond acceptors (Lipinski definition) is 2. The highest BCUT2D eigenvalue weighted by Crippen LogP contribution is 2.25. The highest BCUT2D eigenvalue weighted by Gasteiger charge is 2.23. The molecule has 0 spiro atoms. The Morgan fingerprint density at radius 3 is 2.38 bits per heavy atom. The van der Waals surface area contributed by atoms with Crippen molar-refractivity contribution < 1.29 is 4.42 Å². The van der Waals surface area contributed by atoms with Crippen LogP contribution in [0.15, 0.2) is 33.5 Å². The molecule has 0 aliphatic carbocycles. The maximum atomic E-state index is 12.3. The van der Waals surface area contributed by atoms with E-state index < -0.39 is 0 Å². The van der Waals surface area contributed by atoms with Gasteiger partial charge in [0.2, 0.25) is 0 Å². The quantitative estimate of drug-likeness (QED) is 0.675. The first kappa shape index (κ1) is 10.9. The van der Waals surface area contributed by atoms with Gasteiger partial charge in [0.05, 0.1) is 5.39 Å². The van der Waals surface area contributed by atoms with Crippen LogP contribution in [0.25, 0.3) is 11.0 Å². The van der Waals surface area contributed by atoms with Crippen molar-refractivity contribution >= 4 is 11.0 Å². The normalized spacial score (nSPS) is 12.0. The number of rotatable bonds is 0. The van der Waals surface area contributed by atoms with Gasteiger partial charge in [-0.2, -0.15) is 0 Å². The summed E-state index contributed by atoms with van der Waals surface area (Å²) in [4.78, 5) is 12.3. The minimum Gasteiger partial charge on any atom is -0.461 e. The van der Waals surface area contributed by atoms with E-state index in [1.807, 2.05) is 52.0 Å². The van der Waals surface area contributed by atoms with Gasteiger partial charge in [-0.05, 0) is 24.5 Å². The third-order valence-corrected chi connectivity index (χ3v) is 2.72. The topological polar surface area (TPSA) is 30.2 Å². The molecule has 0 amide bonds. The highest BCUT2D eigenvalue weighted by atomic mass is 16.3. The van der Waals surface area contributed by atoms with Crippen molar-refractivity contribution in [3.63, 3.8) is 0 Å². The van der Waals surface area contributed by atoms with Gasteiger partial charge >= 0.3 is 0 Å². The summed E-state index contributed by atoms with van der Waals surface area (Å²) in [6.07, 6.45) is 0. The van der Waals surface area contributed by atoms with Crippen LogP contribution in [0.5, 0.6) is 0 Å². The zero-order chi connectivity index (χ0) is 11.9. The van der Waals surface area contributed by atoms with E-state index in [-0.39, 0.29) is 10.8 Å². The number of para-hydroxylation sites is 1. The first-order valence-corrected chi connectivity index (χ1v) is 5.44. The van der Waals surface area contributed by atoms with E-state index in [0.29, 0.717) is 11.0 Å². The Hall–Kier alpha value is -1.57. The summed E-state index contributed by atoms with van der Waals surface area (Å²) in [5.74, 6) is 0.719. The summed E-state index contributed by atoms with van der Waals surface area (Å²) >= 11 is 0. The van der Waals surface area contributed by atoms with Crippen LogP contribution in [0.2, 0.25) is 0 Å². The summed E-state index contributed by atoms with van der Waals surface area (Å²) in [5.41, 5.74) is 1.34. The van der Waals surface area contributed by atoms with Crippen LogP contribution in [0.3, 0.4) is 0 Å². The average Bonchev–Trinajstić information content (AvgIpc) is 2.15. The molecule has 0 aliphatic rings. The largest absolute Gasteiger partial charge is 0.461 e. The standard InChI is InChI=1S/C14H16O2/c1-9-12(14(2,3)4)13(15)10-7-5-6-8-11(10)16-9/h5-8H,1-4H3. The van der Waals surface area contributed by atoms with Gasteiger partial charge in [0, 0.05) is 5.56 Å². The SMILES string of the molecule is Cc1oc2ccccc2c(=O)c1C(C)(C)C.